The van der Waals surface area contributed by atoms with Gasteiger partial charge in [0.05, 0.1) is 5.69 Å². The van der Waals surface area contributed by atoms with Gasteiger partial charge in [-0.05, 0) is 25.3 Å². The molecule has 1 heterocycles. The van der Waals surface area contributed by atoms with Gasteiger partial charge in [-0.15, -0.1) is 0 Å². The zero-order valence-electron chi connectivity index (χ0n) is 5.65. The first-order valence-corrected chi connectivity index (χ1v) is 3.13. The number of H-pyrrole nitrogens is 1. The molecule has 0 atom stereocenters. The lowest BCUT2D eigenvalue weighted by molar-refractivity contribution is 0.981. The van der Waals surface area contributed by atoms with Crippen LogP contribution < -0.4 is 0 Å². The molecule has 0 aliphatic carbocycles. The lowest BCUT2D eigenvalue weighted by atomic mass is 10.2. The third kappa shape index (κ3) is 1.31. The lowest BCUT2D eigenvalue weighted by Gasteiger charge is -1.90. The van der Waals surface area contributed by atoms with Crippen molar-refractivity contribution < 1.29 is 0 Å². The quantitative estimate of drug-likeness (QED) is 0.634. The number of nitrogens with zero attached hydrogens (tertiary/aromatic N) is 1. The molecule has 49 valence electrons. The van der Waals surface area contributed by atoms with Gasteiger partial charge in [0.25, 0.3) is 0 Å². The number of nitrogens with one attached hydrogen (secondary N) is 1. The highest BCUT2D eigenvalue weighted by Gasteiger charge is 1.96. The van der Waals surface area contributed by atoms with Crippen molar-refractivity contribution in [3.8, 4) is 0 Å². The van der Waals surface area contributed by atoms with E-state index in [1.165, 1.54) is 5.56 Å². The smallest absolute Gasteiger partial charge is 0.0623 e. The molecular weight excluding hydrogens is 112 g/mol. The number of hydrogen-bond acceptors (Lipinski definition) is 1. The Bertz CT molecular complexity index is 179. The Balaban J connectivity index is 2.69. The molecule has 1 aromatic rings. The second-order valence-electron chi connectivity index (χ2n) is 2.10. The molecule has 0 amide bonds. The fourth-order valence-electron chi connectivity index (χ4n) is 0.827. The predicted molar refractivity (Wildman–Crippen MR) is 37.0 cm³/mol. The van der Waals surface area contributed by atoms with Crippen LogP contribution in [0, 0.1) is 13.8 Å². The van der Waals surface area contributed by atoms with Gasteiger partial charge < -0.3 is 0 Å². The minimum Gasteiger partial charge on any atom is -0.285 e. The third-order valence-corrected chi connectivity index (χ3v) is 1.38. The van der Waals surface area contributed by atoms with Crippen molar-refractivity contribution in [2.75, 3.05) is 0 Å². The zero-order valence-corrected chi connectivity index (χ0v) is 5.65. The minimum atomic E-state index is 0.945. The molecule has 0 fully saturated rings. The Hall–Kier alpha value is -0.790. The molecule has 0 aliphatic heterocycles. The average molecular weight is 123 g/mol. The average Bonchev–Trinajstić information content (AvgIpc) is 2.18. The van der Waals surface area contributed by atoms with Gasteiger partial charge in [0, 0.05) is 6.20 Å². The summed E-state index contributed by atoms with van der Waals surface area (Å²) in [6.45, 7) is 5.76. The number of hydrogen-bond donors (Lipinski definition) is 1. The van der Waals surface area contributed by atoms with Crippen LogP contribution in [-0.2, 0) is 6.42 Å². The SMILES string of the molecule is [CH2]CCc1c[nH]nc1C. The molecule has 9 heavy (non-hydrogen) atoms. The lowest BCUT2D eigenvalue weighted by Crippen LogP contribution is -1.82. The van der Waals surface area contributed by atoms with Crippen LogP contribution in [0.1, 0.15) is 17.7 Å². The van der Waals surface area contributed by atoms with Gasteiger partial charge in [0.15, 0.2) is 0 Å². The van der Waals surface area contributed by atoms with Gasteiger partial charge in [-0.1, -0.05) is 6.92 Å². The van der Waals surface area contributed by atoms with E-state index >= 15 is 0 Å². The van der Waals surface area contributed by atoms with Crippen LogP contribution >= 0.6 is 0 Å². The topological polar surface area (TPSA) is 28.7 Å². The van der Waals surface area contributed by atoms with Gasteiger partial charge in [0.1, 0.15) is 0 Å². The molecule has 1 radical (unpaired) electrons. The van der Waals surface area contributed by atoms with Crippen LogP contribution in [0.3, 0.4) is 0 Å². The first kappa shape index (κ1) is 6.33. The molecule has 1 rings (SSSR count). The summed E-state index contributed by atoms with van der Waals surface area (Å²) in [5, 5.41) is 6.79. The highest BCUT2D eigenvalue weighted by atomic mass is 15.1. The molecule has 0 unspecified atom stereocenters. The Morgan fingerprint density at radius 3 is 3.00 bits per heavy atom. The molecule has 2 nitrogen and oxygen atoms in total. The second-order valence-corrected chi connectivity index (χ2v) is 2.10. The summed E-state index contributed by atoms with van der Waals surface area (Å²) in [6.07, 6.45) is 3.91. The van der Waals surface area contributed by atoms with Crippen molar-refractivity contribution in [1.29, 1.82) is 0 Å². The maximum absolute atomic E-state index is 3.98. The van der Waals surface area contributed by atoms with Gasteiger partial charge in [-0.2, -0.15) is 5.10 Å². The second kappa shape index (κ2) is 2.67. The molecular formula is C7H11N2. The van der Waals surface area contributed by atoms with Crippen molar-refractivity contribution in [2.45, 2.75) is 19.8 Å². The van der Waals surface area contributed by atoms with Crippen LogP contribution in [0.5, 0.6) is 0 Å². The first-order chi connectivity index (χ1) is 4.34. The van der Waals surface area contributed by atoms with E-state index < -0.39 is 0 Å². The maximum atomic E-state index is 3.98. The van der Waals surface area contributed by atoms with Gasteiger partial charge in [-0.25, -0.2) is 0 Å². The number of aromatic amines is 1. The summed E-state index contributed by atoms with van der Waals surface area (Å²) < 4.78 is 0. The molecule has 0 saturated heterocycles. The Labute approximate surface area is 55.3 Å². The predicted octanol–water partition coefficient (Wildman–Crippen LogP) is 1.48. The Morgan fingerprint density at radius 1 is 1.78 bits per heavy atom. The first-order valence-electron chi connectivity index (χ1n) is 3.13. The largest absolute Gasteiger partial charge is 0.285 e. The summed E-state index contributed by atoms with van der Waals surface area (Å²) in [6, 6.07) is 0. The van der Waals surface area contributed by atoms with Crippen molar-refractivity contribution in [1.82, 2.24) is 10.2 Å². The molecule has 0 aliphatic rings. The van der Waals surface area contributed by atoms with E-state index in [1.807, 2.05) is 13.1 Å². The van der Waals surface area contributed by atoms with Crippen molar-refractivity contribution in [3.05, 3.63) is 24.4 Å². The molecule has 0 saturated carbocycles. The normalized spacial score (nSPS) is 10.0. The fraction of sp³-hybridized carbons (Fsp3) is 0.429. The van der Waals surface area contributed by atoms with Crippen LogP contribution in [0.4, 0.5) is 0 Å². The van der Waals surface area contributed by atoms with E-state index in [-0.39, 0.29) is 0 Å². The highest BCUT2D eigenvalue weighted by Crippen LogP contribution is 2.04. The fourth-order valence-corrected chi connectivity index (χ4v) is 0.827. The number of aromatic nitrogens is 2. The summed E-state index contributed by atoms with van der Waals surface area (Å²) in [4.78, 5) is 0. The molecule has 0 aromatic carbocycles. The van der Waals surface area contributed by atoms with E-state index in [1.54, 1.807) is 0 Å². The van der Waals surface area contributed by atoms with Crippen LogP contribution in [0.2, 0.25) is 0 Å². The van der Waals surface area contributed by atoms with Gasteiger partial charge >= 0.3 is 0 Å². The van der Waals surface area contributed by atoms with E-state index in [4.69, 9.17) is 0 Å². The standard InChI is InChI=1S/C7H11N2/c1-3-4-7-5-8-9-6(7)2/h5H,1,3-4H2,2H3,(H,8,9). The van der Waals surface area contributed by atoms with E-state index in [0.717, 1.165) is 18.5 Å². The van der Waals surface area contributed by atoms with Crippen LogP contribution in [0.15, 0.2) is 6.20 Å². The minimum absolute atomic E-state index is 0.945. The Kier molecular flexibility index (Phi) is 1.88. The summed E-state index contributed by atoms with van der Waals surface area (Å²) in [5.41, 5.74) is 2.38. The van der Waals surface area contributed by atoms with E-state index in [0.29, 0.717) is 0 Å². The molecule has 1 aromatic heterocycles. The third-order valence-electron chi connectivity index (χ3n) is 1.38. The van der Waals surface area contributed by atoms with Crippen LogP contribution in [0.25, 0.3) is 0 Å². The molecule has 2 heteroatoms. The van der Waals surface area contributed by atoms with E-state index in [9.17, 15) is 0 Å². The van der Waals surface area contributed by atoms with Crippen LogP contribution in [-0.4, -0.2) is 10.2 Å². The van der Waals surface area contributed by atoms with Crippen molar-refractivity contribution in [3.63, 3.8) is 0 Å². The number of rotatable bonds is 2. The van der Waals surface area contributed by atoms with Crippen molar-refractivity contribution >= 4 is 0 Å². The molecule has 0 bridgehead atoms. The zero-order chi connectivity index (χ0) is 6.69. The summed E-state index contributed by atoms with van der Waals surface area (Å²) in [5.74, 6) is 0. The van der Waals surface area contributed by atoms with E-state index in [2.05, 4.69) is 17.1 Å². The van der Waals surface area contributed by atoms with Gasteiger partial charge in [-0.3, -0.25) is 5.10 Å². The van der Waals surface area contributed by atoms with Crippen molar-refractivity contribution in [2.24, 2.45) is 0 Å². The summed E-state index contributed by atoms with van der Waals surface area (Å²) in [7, 11) is 0. The molecule has 0 spiro atoms. The maximum Gasteiger partial charge on any atom is 0.0623 e. The summed E-state index contributed by atoms with van der Waals surface area (Å²) >= 11 is 0. The highest BCUT2D eigenvalue weighted by molar-refractivity contribution is 5.14. The monoisotopic (exact) mass is 123 g/mol. The van der Waals surface area contributed by atoms with Gasteiger partial charge in [0.2, 0.25) is 0 Å². The Morgan fingerprint density at radius 2 is 2.56 bits per heavy atom. The molecule has 1 N–H and O–H groups in total. The number of aryl methyl sites for hydroxylation is 2.